The molecule has 1 heterocycles. The van der Waals surface area contributed by atoms with Crippen LogP contribution in [0.2, 0.25) is 0 Å². The molecule has 5 nitrogen and oxygen atoms in total. The molecule has 1 aromatic heterocycles. The van der Waals surface area contributed by atoms with Gasteiger partial charge in [-0.15, -0.1) is 13.2 Å². The first-order valence-corrected chi connectivity index (χ1v) is 8.49. The smallest absolute Gasteiger partial charge is 0.406 e. The summed E-state index contributed by atoms with van der Waals surface area (Å²) in [6.07, 6.45) is -4.65. The van der Waals surface area contributed by atoms with Crippen LogP contribution in [0.3, 0.4) is 0 Å². The number of nitrogens with one attached hydrogen (secondary N) is 1. The van der Waals surface area contributed by atoms with E-state index < -0.39 is 6.36 Å². The van der Waals surface area contributed by atoms with E-state index in [4.69, 9.17) is 0 Å². The van der Waals surface area contributed by atoms with Crippen molar-refractivity contribution in [3.8, 4) is 11.4 Å². The van der Waals surface area contributed by atoms with Gasteiger partial charge >= 0.3 is 6.36 Å². The van der Waals surface area contributed by atoms with Gasteiger partial charge in [0.15, 0.2) is 0 Å². The second-order valence-corrected chi connectivity index (χ2v) is 6.19. The van der Waals surface area contributed by atoms with Crippen molar-refractivity contribution in [2.75, 3.05) is 5.32 Å². The zero-order chi connectivity index (χ0) is 20.3. The van der Waals surface area contributed by atoms with Crippen molar-refractivity contribution < 1.29 is 22.7 Å². The van der Waals surface area contributed by atoms with Crippen LogP contribution in [0, 0.1) is 13.8 Å². The summed E-state index contributed by atoms with van der Waals surface area (Å²) in [5.74, 6) is -0.635. The third-order valence-corrected chi connectivity index (χ3v) is 4.15. The maximum absolute atomic E-state index is 12.4. The fourth-order valence-corrected chi connectivity index (χ4v) is 2.86. The summed E-state index contributed by atoms with van der Waals surface area (Å²) in [5.41, 5.74) is 3.68. The number of ether oxygens (including phenoxy) is 1. The number of aromatic nitrogens is 2. The van der Waals surface area contributed by atoms with Gasteiger partial charge in [-0.1, -0.05) is 18.2 Å². The molecule has 8 heteroatoms. The van der Waals surface area contributed by atoms with Gasteiger partial charge in [0.2, 0.25) is 5.91 Å². The Kier molecular flexibility index (Phi) is 5.39. The number of carbonyl (C=O) groups is 1. The van der Waals surface area contributed by atoms with E-state index in [2.05, 4.69) is 15.2 Å². The van der Waals surface area contributed by atoms with Gasteiger partial charge in [0.05, 0.1) is 17.8 Å². The number of anilines is 1. The average Bonchev–Trinajstić information content (AvgIpc) is 2.91. The Morgan fingerprint density at radius 1 is 1.07 bits per heavy atom. The van der Waals surface area contributed by atoms with Crippen LogP contribution < -0.4 is 10.1 Å². The van der Waals surface area contributed by atoms with Crippen LogP contribution in [-0.4, -0.2) is 22.1 Å². The topological polar surface area (TPSA) is 56.2 Å². The van der Waals surface area contributed by atoms with E-state index >= 15 is 0 Å². The van der Waals surface area contributed by atoms with E-state index in [-0.39, 0.29) is 18.1 Å². The molecule has 28 heavy (non-hydrogen) atoms. The summed E-state index contributed by atoms with van der Waals surface area (Å²) in [6, 6.07) is 14.6. The van der Waals surface area contributed by atoms with Gasteiger partial charge in [-0.25, -0.2) is 4.68 Å². The molecule has 0 aliphatic carbocycles. The molecule has 3 rings (SSSR count). The van der Waals surface area contributed by atoms with Crippen molar-refractivity contribution in [1.82, 2.24) is 9.78 Å². The van der Waals surface area contributed by atoms with Crippen LogP contribution >= 0.6 is 0 Å². The largest absolute Gasteiger partial charge is 0.573 e. The van der Waals surface area contributed by atoms with Gasteiger partial charge in [-0.3, -0.25) is 4.79 Å². The minimum atomic E-state index is -4.75. The number of amides is 1. The van der Waals surface area contributed by atoms with Crippen LogP contribution in [0.15, 0.2) is 54.6 Å². The molecule has 0 aliphatic heterocycles. The molecule has 3 aromatic rings. The molecule has 1 amide bonds. The summed E-state index contributed by atoms with van der Waals surface area (Å²) in [6.45, 7) is 3.72. The number of halogens is 3. The maximum atomic E-state index is 12.4. The van der Waals surface area contributed by atoms with Crippen molar-refractivity contribution in [1.29, 1.82) is 0 Å². The van der Waals surface area contributed by atoms with Gasteiger partial charge < -0.3 is 10.1 Å². The van der Waals surface area contributed by atoms with E-state index in [1.54, 1.807) is 4.68 Å². The molecule has 0 bridgehead atoms. The lowest BCUT2D eigenvalue weighted by molar-refractivity contribution is -0.274. The molecular weight excluding hydrogens is 371 g/mol. The molecule has 0 spiro atoms. The highest BCUT2D eigenvalue weighted by molar-refractivity contribution is 5.92. The van der Waals surface area contributed by atoms with Crippen molar-refractivity contribution in [2.45, 2.75) is 26.6 Å². The third-order valence-electron chi connectivity index (χ3n) is 4.15. The second kappa shape index (κ2) is 7.75. The first-order chi connectivity index (χ1) is 13.2. The van der Waals surface area contributed by atoms with Gasteiger partial charge in [0.25, 0.3) is 0 Å². The lowest BCUT2D eigenvalue weighted by Crippen LogP contribution is -2.17. The first-order valence-electron chi connectivity index (χ1n) is 8.49. The fourth-order valence-electron chi connectivity index (χ4n) is 2.86. The Hall–Kier alpha value is -3.29. The Morgan fingerprint density at radius 3 is 2.32 bits per heavy atom. The van der Waals surface area contributed by atoms with Gasteiger partial charge in [0.1, 0.15) is 5.75 Å². The summed E-state index contributed by atoms with van der Waals surface area (Å²) in [4.78, 5) is 12.4. The quantitative estimate of drug-likeness (QED) is 0.696. The molecule has 146 valence electrons. The SMILES string of the molecule is Cc1nn(-c2ccccc2)c(C)c1CC(=O)Nc1ccc(OC(F)(F)F)cc1. The van der Waals surface area contributed by atoms with E-state index in [1.807, 2.05) is 44.2 Å². The summed E-state index contributed by atoms with van der Waals surface area (Å²) < 4.78 is 42.2. The number of alkyl halides is 3. The van der Waals surface area contributed by atoms with Crippen LogP contribution in [0.4, 0.5) is 18.9 Å². The number of rotatable bonds is 5. The highest BCUT2D eigenvalue weighted by atomic mass is 19.4. The van der Waals surface area contributed by atoms with E-state index in [0.717, 1.165) is 34.8 Å². The van der Waals surface area contributed by atoms with Crippen molar-refractivity contribution >= 4 is 11.6 Å². The average molecular weight is 389 g/mol. The number of para-hydroxylation sites is 1. The highest BCUT2D eigenvalue weighted by Crippen LogP contribution is 2.24. The minimum absolute atomic E-state index is 0.102. The predicted molar refractivity (Wildman–Crippen MR) is 98.5 cm³/mol. The van der Waals surface area contributed by atoms with Crippen LogP contribution in [0.1, 0.15) is 17.0 Å². The molecule has 1 N–H and O–H groups in total. The molecule has 2 aromatic carbocycles. The monoisotopic (exact) mass is 389 g/mol. The lowest BCUT2D eigenvalue weighted by atomic mass is 10.1. The Bertz CT molecular complexity index is 965. The zero-order valence-corrected chi connectivity index (χ0v) is 15.2. The molecule has 0 atom stereocenters. The number of hydrogen-bond donors (Lipinski definition) is 1. The number of carbonyl (C=O) groups excluding carboxylic acids is 1. The molecule has 0 unspecified atom stereocenters. The summed E-state index contributed by atoms with van der Waals surface area (Å²) in [5, 5.41) is 7.17. The summed E-state index contributed by atoms with van der Waals surface area (Å²) in [7, 11) is 0. The van der Waals surface area contributed by atoms with Crippen LogP contribution in [-0.2, 0) is 11.2 Å². The molecule has 0 fully saturated rings. The maximum Gasteiger partial charge on any atom is 0.573 e. The number of aryl methyl sites for hydroxylation is 1. The first kappa shape index (κ1) is 19.5. The van der Waals surface area contributed by atoms with Crippen LogP contribution in [0.5, 0.6) is 5.75 Å². The molecule has 0 radical (unpaired) electrons. The number of nitrogens with zero attached hydrogens (tertiary/aromatic N) is 2. The molecular formula is C20H18F3N3O2. The van der Waals surface area contributed by atoms with Gasteiger partial charge in [-0.05, 0) is 50.2 Å². The zero-order valence-electron chi connectivity index (χ0n) is 15.2. The third kappa shape index (κ3) is 4.70. The van der Waals surface area contributed by atoms with E-state index in [9.17, 15) is 18.0 Å². The van der Waals surface area contributed by atoms with E-state index in [0.29, 0.717) is 5.69 Å². The fraction of sp³-hybridized carbons (Fsp3) is 0.200. The number of hydrogen-bond acceptors (Lipinski definition) is 3. The lowest BCUT2D eigenvalue weighted by Gasteiger charge is -2.10. The van der Waals surface area contributed by atoms with E-state index in [1.165, 1.54) is 12.1 Å². The molecule has 0 saturated carbocycles. The Labute approximate surface area is 159 Å². The van der Waals surface area contributed by atoms with Crippen molar-refractivity contribution in [2.24, 2.45) is 0 Å². The standard InChI is InChI=1S/C20H18F3N3O2/c1-13-18(14(2)26(25-13)16-6-4-3-5-7-16)12-19(27)24-15-8-10-17(11-9-15)28-20(21,22)23/h3-11H,12H2,1-2H3,(H,24,27). The second-order valence-electron chi connectivity index (χ2n) is 6.19. The number of benzene rings is 2. The Morgan fingerprint density at radius 2 is 1.71 bits per heavy atom. The van der Waals surface area contributed by atoms with Crippen molar-refractivity contribution in [3.63, 3.8) is 0 Å². The molecule has 0 saturated heterocycles. The van der Waals surface area contributed by atoms with Gasteiger partial charge in [-0.2, -0.15) is 5.10 Å². The predicted octanol–water partition coefficient (Wildman–Crippen LogP) is 4.57. The normalized spacial score (nSPS) is 11.3. The highest BCUT2D eigenvalue weighted by Gasteiger charge is 2.31. The Balaban J connectivity index is 1.69. The van der Waals surface area contributed by atoms with Crippen molar-refractivity contribution in [3.05, 3.63) is 71.5 Å². The van der Waals surface area contributed by atoms with Gasteiger partial charge in [0, 0.05) is 16.9 Å². The minimum Gasteiger partial charge on any atom is -0.406 e. The van der Waals surface area contributed by atoms with Crippen LogP contribution in [0.25, 0.3) is 5.69 Å². The molecule has 0 aliphatic rings. The summed E-state index contributed by atoms with van der Waals surface area (Å²) >= 11 is 0.